The van der Waals surface area contributed by atoms with Gasteiger partial charge in [0.05, 0.1) is 5.56 Å². The van der Waals surface area contributed by atoms with Crippen molar-refractivity contribution < 1.29 is 35.9 Å². The second-order valence-corrected chi connectivity index (χ2v) is 4.95. The van der Waals surface area contributed by atoms with Crippen LogP contribution in [-0.4, -0.2) is 12.5 Å². The molecule has 2 rings (SSSR count). The van der Waals surface area contributed by atoms with Crippen LogP contribution in [0.5, 0.6) is 11.5 Å². The fourth-order valence-electron chi connectivity index (χ4n) is 1.92. The van der Waals surface area contributed by atoms with Gasteiger partial charge in [-0.1, -0.05) is 6.07 Å². The Morgan fingerprint density at radius 2 is 1.62 bits per heavy atom. The van der Waals surface area contributed by atoms with Gasteiger partial charge in [0.15, 0.2) is 6.29 Å². The molecular formula is C16H10F6O2. The van der Waals surface area contributed by atoms with E-state index >= 15 is 0 Å². The molecule has 0 bridgehead atoms. The number of benzene rings is 2. The largest absolute Gasteiger partial charge is 0.458 e. The summed E-state index contributed by atoms with van der Waals surface area (Å²) in [5.74, 6) is -6.15. The molecule has 0 aromatic heterocycles. The van der Waals surface area contributed by atoms with Crippen molar-refractivity contribution >= 4 is 6.29 Å². The Morgan fingerprint density at radius 1 is 0.958 bits per heavy atom. The zero-order valence-electron chi connectivity index (χ0n) is 12.1. The molecule has 0 amide bonds. The van der Waals surface area contributed by atoms with Crippen LogP contribution in [0.2, 0.25) is 0 Å². The molecule has 0 heterocycles. The number of alkyl halides is 5. The highest BCUT2D eigenvalue weighted by Crippen LogP contribution is 2.45. The van der Waals surface area contributed by atoms with E-state index in [4.69, 9.17) is 4.74 Å². The Bertz CT molecular complexity index is 768. The van der Waals surface area contributed by atoms with E-state index in [2.05, 4.69) is 0 Å². The van der Waals surface area contributed by atoms with Crippen LogP contribution in [0.25, 0.3) is 0 Å². The third-order valence-corrected chi connectivity index (χ3v) is 3.22. The molecule has 0 aliphatic rings. The fraction of sp³-hybridized carbons (Fsp3) is 0.188. The molecule has 24 heavy (non-hydrogen) atoms. The summed E-state index contributed by atoms with van der Waals surface area (Å²) in [6, 6.07) is 5.03. The lowest BCUT2D eigenvalue weighted by Gasteiger charge is -2.21. The van der Waals surface area contributed by atoms with Gasteiger partial charge in [0.1, 0.15) is 17.3 Å². The van der Waals surface area contributed by atoms with Gasteiger partial charge in [0, 0.05) is 5.56 Å². The van der Waals surface area contributed by atoms with E-state index in [0.29, 0.717) is 12.1 Å². The minimum atomic E-state index is -5.79. The Morgan fingerprint density at radius 3 is 2.17 bits per heavy atom. The molecule has 0 aliphatic carbocycles. The number of rotatable bonds is 4. The first-order valence-corrected chi connectivity index (χ1v) is 6.54. The molecule has 0 saturated heterocycles. The van der Waals surface area contributed by atoms with E-state index in [1.54, 1.807) is 0 Å². The summed E-state index contributed by atoms with van der Waals surface area (Å²) in [7, 11) is 0. The molecule has 2 nitrogen and oxygen atoms in total. The summed E-state index contributed by atoms with van der Waals surface area (Å²) >= 11 is 0. The summed E-state index contributed by atoms with van der Waals surface area (Å²) < 4.78 is 82.5. The van der Waals surface area contributed by atoms with E-state index in [1.165, 1.54) is 13.0 Å². The highest BCUT2D eigenvalue weighted by molar-refractivity contribution is 5.79. The second-order valence-electron chi connectivity index (χ2n) is 4.95. The van der Waals surface area contributed by atoms with Crippen molar-refractivity contribution in [1.82, 2.24) is 0 Å². The van der Waals surface area contributed by atoms with Gasteiger partial charge in [0.25, 0.3) is 0 Å². The van der Waals surface area contributed by atoms with Crippen molar-refractivity contribution in [2.45, 2.75) is 19.0 Å². The van der Waals surface area contributed by atoms with Crippen molar-refractivity contribution in [2.24, 2.45) is 0 Å². The van der Waals surface area contributed by atoms with Crippen LogP contribution >= 0.6 is 0 Å². The lowest BCUT2D eigenvalue weighted by atomic mass is 10.0. The number of hydrogen-bond acceptors (Lipinski definition) is 2. The Hall–Kier alpha value is -2.51. The number of halogens is 6. The van der Waals surface area contributed by atoms with E-state index in [0.717, 1.165) is 18.2 Å². The van der Waals surface area contributed by atoms with Gasteiger partial charge in [-0.25, -0.2) is 4.39 Å². The number of carbonyl (C=O) groups excluding carboxylic acids is 1. The smallest absolute Gasteiger partial charge is 0.456 e. The fourth-order valence-corrected chi connectivity index (χ4v) is 1.92. The van der Waals surface area contributed by atoms with Crippen LogP contribution in [0.15, 0.2) is 36.4 Å². The molecule has 0 atom stereocenters. The Kier molecular flexibility index (Phi) is 4.59. The lowest BCUT2D eigenvalue weighted by Crippen LogP contribution is -2.33. The quantitative estimate of drug-likeness (QED) is 0.547. The van der Waals surface area contributed by atoms with Crippen LogP contribution in [0, 0.1) is 12.7 Å². The molecule has 128 valence electrons. The Balaban J connectivity index is 2.49. The summed E-state index contributed by atoms with van der Waals surface area (Å²) in [6.45, 7) is 1.45. The summed E-state index contributed by atoms with van der Waals surface area (Å²) in [5, 5.41) is 0. The molecule has 0 saturated carbocycles. The predicted octanol–water partition coefficient (Wildman–Crippen LogP) is 5.39. The second kappa shape index (κ2) is 6.18. The molecule has 0 N–H and O–H groups in total. The third kappa shape index (κ3) is 3.37. The van der Waals surface area contributed by atoms with Gasteiger partial charge < -0.3 is 4.74 Å². The summed E-state index contributed by atoms with van der Waals surface area (Å²) in [5.41, 5.74) is -1.31. The molecule has 0 aliphatic heterocycles. The number of aryl methyl sites for hydroxylation is 1. The van der Waals surface area contributed by atoms with Gasteiger partial charge in [0.2, 0.25) is 0 Å². The van der Waals surface area contributed by atoms with Crippen LogP contribution in [0.3, 0.4) is 0 Å². The monoisotopic (exact) mass is 348 g/mol. The van der Waals surface area contributed by atoms with Crippen LogP contribution in [0.4, 0.5) is 26.3 Å². The van der Waals surface area contributed by atoms with Crippen molar-refractivity contribution in [3.8, 4) is 11.5 Å². The van der Waals surface area contributed by atoms with Gasteiger partial charge >= 0.3 is 12.1 Å². The first-order valence-electron chi connectivity index (χ1n) is 6.54. The van der Waals surface area contributed by atoms with E-state index in [9.17, 15) is 31.1 Å². The topological polar surface area (TPSA) is 26.3 Å². The maximum Gasteiger partial charge on any atom is 0.458 e. The summed E-state index contributed by atoms with van der Waals surface area (Å²) in [6.07, 6.45) is -5.54. The zero-order chi connectivity index (χ0) is 18.1. The third-order valence-electron chi connectivity index (χ3n) is 3.22. The lowest BCUT2D eigenvalue weighted by molar-refractivity contribution is -0.289. The number of hydrogen-bond donors (Lipinski definition) is 0. The minimum Gasteiger partial charge on any atom is -0.456 e. The molecule has 0 spiro atoms. The molecule has 0 radical (unpaired) electrons. The first-order chi connectivity index (χ1) is 11.1. The first kappa shape index (κ1) is 17.8. The number of carbonyl (C=O) groups is 1. The summed E-state index contributed by atoms with van der Waals surface area (Å²) in [4.78, 5) is 11.0. The normalized spacial score (nSPS) is 12.1. The van der Waals surface area contributed by atoms with Gasteiger partial charge in [-0.3, -0.25) is 4.79 Å². The molecule has 2 aromatic carbocycles. The molecule has 2 aromatic rings. The highest BCUT2D eigenvalue weighted by atomic mass is 19.4. The van der Waals surface area contributed by atoms with Crippen LogP contribution in [-0.2, 0) is 5.92 Å². The number of aldehydes is 1. The standard InChI is InChI=1S/C16H10F6O2/c1-9-6-12(17)4-5-13(9)24-14-7-11(3-2-10(14)8-23)15(18,19)16(20,21)22/h2-8H,1H3. The van der Waals surface area contributed by atoms with Crippen molar-refractivity contribution in [1.29, 1.82) is 0 Å². The van der Waals surface area contributed by atoms with Gasteiger partial charge in [-0.05, 0) is 42.8 Å². The van der Waals surface area contributed by atoms with Gasteiger partial charge in [-0.2, -0.15) is 22.0 Å². The van der Waals surface area contributed by atoms with Crippen molar-refractivity contribution in [2.75, 3.05) is 0 Å². The molecule has 8 heteroatoms. The van der Waals surface area contributed by atoms with Crippen molar-refractivity contribution in [3.05, 3.63) is 58.9 Å². The maximum absolute atomic E-state index is 13.4. The predicted molar refractivity (Wildman–Crippen MR) is 73.0 cm³/mol. The van der Waals surface area contributed by atoms with Crippen LogP contribution in [0.1, 0.15) is 21.5 Å². The molecule has 0 fully saturated rings. The maximum atomic E-state index is 13.4. The SMILES string of the molecule is Cc1cc(F)ccc1Oc1cc(C(F)(F)C(F)(F)F)ccc1C=O. The van der Waals surface area contributed by atoms with E-state index < -0.39 is 29.2 Å². The van der Waals surface area contributed by atoms with Crippen LogP contribution < -0.4 is 4.74 Å². The molecule has 0 unspecified atom stereocenters. The minimum absolute atomic E-state index is 0.0203. The highest BCUT2D eigenvalue weighted by Gasteiger charge is 2.58. The molecular weight excluding hydrogens is 338 g/mol. The van der Waals surface area contributed by atoms with E-state index in [1.807, 2.05) is 0 Å². The average molecular weight is 348 g/mol. The van der Waals surface area contributed by atoms with Crippen molar-refractivity contribution in [3.63, 3.8) is 0 Å². The number of ether oxygens (including phenoxy) is 1. The van der Waals surface area contributed by atoms with Gasteiger partial charge in [-0.15, -0.1) is 0 Å². The zero-order valence-corrected chi connectivity index (χ0v) is 12.1. The Labute approximate surface area is 132 Å². The van der Waals surface area contributed by atoms with E-state index in [-0.39, 0.29) is 23.2 Å². The average Bonchev–Trinajstić information content (AvgIpc) is 2.48.